The minimum atomic E-state index is -0.0610. The molecule has 1 aliphatic heterocycles. The van der Waals surface area contributed by atoms with Gasteiger partial charge in [0.15, 0.2) is 17.3 Å². The molecule has 0 atom stereocenters. The number of aliphatic hydroxyl groups excluding tert-OH is 1. The topological polar surface area (TPSA) is 72.6 Å². The molecule has 0 aliphatic carbocycles. The second kappa shape index (κ2) is 9.00. The molecule has 2 heterocycles. The van der Waals surface area contributed by atoms with Crippen LogP contribution in [-0.4, -0.2) is 58.1 Å². The van der Waals surface area contributed by atoms with E-state index in [1.807, 2.05) is 35.9 Å². The van der Waals surface area contributed by atoms with E-state index in [0.717, 1.165) is 56.2 Å². The molecule has 0 unspecified atom stereocenters. The molecule has 1 fully saturated rings. The summed E-state index contributed by atoms with van der Waals surface area (Å²) in [5.74, 6) is 3.63. The van der Waals surface area contributed by atoms with E-state index in [4.69, 9.17) is 9.47 Å². The molecule has 3 rings (SSSR count). The van der Waals surface area contributed by atoms with Crippen LogP contribution >= 0.6 is 0 Å². The lowest BCUT2D eigenvalue weighted by atomic mass is 9.96. The first kappa shape index (κ1) is 18.7. The SMILES string of the molecule is COc1ccccc1OCCCN1CCC(c2nnc(CO)n2C)CC1. The quantitative estimate of drug-likeness (QED) is 0.726. The zero-order valence-electron chi connectivity index (χ0n) is 15.6. The van der Waals surface area contributed by atoms with Gasteiger partial charge in [0, 0.05) is 19.5 Å². The second-order valence-electron chi connectivity index (χ2n) is 6.66. The summed E-state index contributed by atoms with van der Waals surface area (Å²) in [4.78, 5) is 2.48. The lowest BCUT2D eigenvalue weighted by molar-refractivity contribution is 0.188. The van der Waals surface area contributed by atoms with Crippen molar-refractivity contribution in [2.24, 2.45) is 7.05 Å². The molecule has 0 spiro atoms. The molecule has 2 aromatic rings. The monoisotopic (exact) mass is 360 g/mol. The Labute approximate surface area is 154 Å². The molecule has 142 valence electrons. The van der Waals surface area contributed by atoms with Gasteiger partial charge < -0.3 is 24.0 Å². The number of nitrogens with zero attached hydrogens (tertiary/aromatic N) is 4. The molecule has 26 heavy (non-hydrogen) atoms. The van der Waals surface area contributed by atoms with Gasteiger partial charge in [0.25, 0.3) is 0 Å². The van der Waals surface area contributed by atoms with Gasteiger partial charge in [0.1, 0.15) is 12.4 Å². The number of hydrogen-bond acceptors (Lipinski definition) is 6. The highest BCUT2D eigenvalue weighted by Gasteiger charge is 2.24. The smallest absolute Gasteiger partial charge is 0.161 e. The number of methoxy groups -OCH3 is 1. The molecule has 1 aromatic carbocycles. The van der Waals surface area contributed by atoms with Crippen LogP contribution in [0.2, 0.25) is 0 Å². The highest BCUT2D eigenvalue weighted by molar-refractivity contribution is 5.39. The minimum Gasteiger partial charge on any atom is -0.493 e. The van der Waals surface area contributed by atoms with Crippen molar-refractivity contribution < 1.29 is 14.6 Å². The molecule has 0 saturated carbocycles. The average Bonchev–Trinajstić information content (AvgIpc) is 3.06. The first-order chi connectivity index (χ1) is 12.7. The van der Waals surface area contributed by atoms with Gasteiger partial charge >= 0.3 is 0 Å². The fourth-order valence-corrected chi connectivity index (χ4v) is 3.49. The van der Waals surface area contributed by atoms with Crippen molar-refractivity contribution in [2.45, 2.75) is 31.8 Å². The Bertz CT molecular complexity index is 696. The van der Waals surface area contributed by atoms with E-state index in [1.165, 1.54) is 0 Å². The maximum atomic E-state index is 9.26. The van der Waals surface area contributed by atoms with Crippen LogP contribution in [0.15, 0.2) is 24.3 Å². The number of para-hydroxylation sites is 2. The Hall–Kier alpha value is -2.12. The Balaban J connectivity index is 1.40. The molecule has 1 aliphatic rings. The Kier molecular flexibility index (Phi) is 6.46. The van der Waals surface area contributed by atoms with Crippen LogP contribution < -0.4 is 9.47 Å². The molecule has 7 heteroatoms. The zero-order valence-corrected chi connectivity index (χ0v) is 15.6. The van der Waals surface area contributed by atoms with Crippen molar-refractivity contribution >= 4 is 0 Å². The second-order valence-corrected chi connectivity index (χ2v) is 6.66. The number of rotatable bonds is 8. The molecular weight excluding hydrogens is 332 g/mol. The van der Waals surface area contributed by atoms with Crippen molar-refractivity contribution in [1.29, 1.82) is 0 Å². The maximum Gasteiger partial charge on any atom is 0.161 e. The summed E-state index contributed by atoms with van der Waals surface area (Å²) in [7, 11) is 3.59. The minimum absolute atomic E-state index is 0.0610. The summed E-state index contributed by atoms with van der Waals surface area (Å²) >= 11 is 0. The molecule has 1 N–H and O–H groups in total. The summed E-state index contributed by atoms with van der Waals surface area (Å²) in [5.41, 5.74) is 0. The highest BCUT2D eigenvalue weighted by atomic mass is 16.5. The number of likely N-dealkylation sites (tertiary alicyclic amines) is 1. The first-order valence-electron chi connectivity index (χ1n) is 9.20. The predicted molar refractivity (Wildman–Crippen MR) is 98.4 cm³/mol. The predicted octanol–water partition coefficient (Wildman–Crippen LogP) is 1.96. The van der Waals surface area contributed by atoms with E-state index in [-0.39, 0.29) is 6.61 Å². The van der Waals surface area contributed by atoms with Crippen molar-refractivity contribution in [2.75, 3.05) is 33.4 Å². The third-order valence-electron chi connectivity index (χ3n) is 5.04. The fourth-order valence-electron chi connectivity index (χ4n) is 3.49. The van der Waals surface area contributed by atoms with E-state index in [1.54, 1.807) is 7.11 Å². The lowest BCUT2D eigenvalue weighted by Crippen LogP contribution is -2.34. The summed E-state index contributed by atoms with van der Waals surface area (Å²) in [5, 5.41) is 17.6. The number of benzene rings is 1. The van der Waals surface area contributed by atoms with E-state index in [0.29, 0.717) is 18.3 Å². The Morgan fingerprint density at radius 1 is 1.15 bits per heavy atom. The molecule has 7 nitrogen and oxygen atoms in total. The van der Waals surface area contributed by atoms with Crippen LogP contribution in [0.5, 0.6) is 11.5 Å². The molecule has 0 radical (unpaired) electrons. The van der Waals surface area contributed by atoms with Gasteiger partial charge in [-0.2, -0.15) is 0 Å². The number of aliphatic hydroxyl groups is 1. The summed E-state index contributed by atoms with van der Waals surface area (Å²) in [6, 6.07) is 7.74. The summed E-state index contributed by atoms with van der Waals surface area (Å²) in [6.45, 7) is 3.77. The van der Waals surface area contributed by atoms with Crippen LogP contribution in [0.1, 0.15) is 36.8 Å². The standard InChI is InChI=1S/C19H28N4O3/c1-22-18(14-24)20-21-19(22)15-8-11-23(12-9-15)10-5-13-26-17-7-4-3-6-16(17)25-2/h3-4,6-7,15,24H,5,8-14H2,1-2H3. The average molecular weight is 360 g/mol. The third-order valence-corrected chi connectivity index (χ3v) is 5.04. The van der Waals surface area contributed by atoms with Gasteiger partial charge in [-0.1, -0.05) is 12.1 Å². The third kappa shape index (κ3) is 4.34. The number of ether oxygens (including phenoxy) is 2. The van der Waals surface area contributed by atoms with Crippen LogP contribution in [0, 0.1) is 0 Å². The fraction of sp³-hybridized carbons (Fsp3) is 0.579. The van der Waals surface area contributed by atoms with Crippen molar-refractivity contribution in [1.82, 2.24) is 19.7 Å². The molecule has 1 saturated heterocycles. The molecular formula is C19H28N4O3. The van der Waals surface area contributed by atoms with Crippen molar-refractivity contribution in [3.8, 4) is 11.5 Å². The van der Waals surface area contributed by atoms with Crippen LogP contribution in [0.3, 0.4) is 0 Å². The maximum absolute atomic E-state index is 9.26. The van der Waals surface area contributed by atoms with Crippen LogP contribution in [0.25, 0.3) is 0 Å². The summed E-state index contributed by atoms with van der Waals surface area (Å²) < 4.78 is 13.1. The van der Waals surface area contributed by atoms with E-state index in [2.05, 4.69) is 15.1 Å². The number of aromatic nitrogens is 3. The van der Waals surface area contributed by atoms with Gasteiger partial charge in [-0.25, -0.2) is 0 Å². The normalized spacial score (nSPS) is 16.0. The number of piperidine rings is 1. The Morgan fingerprint density at radius 2 is 1.88 bits per heavy atom. The zero-order chi connectivity index (χ0) is 18.4. The first-order valence-corrected chi connectivity index (χ1v) is 9.20. The van der Waals surface area contributed by atoms with Crippen LogP contribution in [0.4, 0.5) is 0 Å². The van der Waals surface area contributed by atoms with Gasteiger partial charge in [0.05, 0.1) is 13.7 Å². The van der Waals surface area contributed by atoms with Crippen LogP contribution in [-0.2, 0) is 13.7 Å². The van der Waals surface area contributed by atoms with E-state index >= 15 is 0 Å². The molecule has 0 amide bonds. The Morgan fingerprint density at radius 3 is 2.54 bits per heavy atom. The molecule has 0 bridgehead atoms. The van der Waals surface area contributed by atoms with Gasteiger partial charge in [-0.3, -0.25) is 0 Å². The van der Waals surface area contributed by atoms with Gasteiger partial charge in [-0.05, 0) is 44.5 Å². The summed E-state index contributed by atoms with van der Waals surface area (Å²) in [6.07, 6.45) is 3.14. The number of hydrogen-bond donors (Lipinski definition) is 1. The van der Waals surface area contributed by atoms with Gasteiger partial charge in [0.2, 0.25) is 0 Å². The largest absolute Gasteiger partial charge is 0.493 e. The van der Waals surface area contributed by atoms with E-state index in [9.17, 15) is 5.11 Å². The van der Waals surface area contributed by atoms with Crippen molar-refractivity contribution in [3.05, 3.63) is 35.9 Å². The highest BCUT2D eigenvalue weighted by Crippen LogP contribution is 2.27. The molecule has 1 aromatic heterocycles. The van der Waals surface area contributed by atoms with Gasteiger partial charge in [-0.15, -0.1) is 10.2 Å². The van der Waals surface area contributed by atoms with E-state index < -0.39 is 0 Å². The lowest BCUT2D eigenvalue weighted by Gasteiger charge is -2.31. The van der Waals surface area contributed by atoms with Crippen molar-refractivity contribution in [3.63, 3.8) is 0 Å².